The van der Waals surface area contributed by atoms with E-state index in [1.54, 1.807) is 18.7 Å². The molecule has 0 aromatic carbocycles. The summed E-state index contributed by atoms with van der Waals surface area (Å²) < 4.78 is 5.38. The van der Waals surface area contributed by atoms with Crippen molar-refractivity contribution in [3.63, 3.8) is 0 Å². The van der Waals surface area contributed by atoms with Crippen LogP contribution in [0.5, 0.6) is 0 Å². The number of piperidine rings is 1. The van der Waals surface area contributed by atoms with E-state index in [-0.39, 0.29) is 35.8 Å². The molecule has 2 saturated heterocycles. The molecule has 0 spiro atoms. The fourth-order valence-electron chi connectivity index (χ4n) is 2.99. The van der Waals surface area contributed by atoms with Gasteiger partial charge in [0.2, 0.25) is 11.8 Å². The molecule has 0 bridgehead atoms. The Kier molecular flexibility index (Phi) is 4.49. The van der Waals surface area contributed by atoms with Crippen molar-refractivity contribution in [1.82, 2.24) is 9.80 Å². The Balaban J connectivity index is 2.06. The second kappa shape index (κ2) is 5.89. The van der Waals surface area contributed by atoms with Crippen molar-refractivity contribution in [2.24, 2.45) is 11.8 Å². The summed E-state index contributed by atoms with van der Waals surface area (Å²) >= 11 is 0. The largest absolute Gasteiger partial charge is 0.444 e. The molecule has 0 radical (unpaired) electrons. The van der Waals surface area contributed by atoms with Gasteiger partial charge in [0.15, 0.2) is 0 Å². The fourth-order valence-corrected chi connectivity index (χ4v) is 2.99. The minimum absolute atomic E-state index is 0.117. The molecule has 2 rings (SSSR count). The molecular formula is C16H26N2O4. The summed E-state index contributed by atoms with van der Waals surface area (Å²) in [6.45, 7) is 10.0. The number of amides is 3. The molecule has 2 heterocycles. The SMILES string of the molecule is CC1C(=O)N([C@H]2CCCN(C(=O)OC(C)(C)C)C2)C(=O)C1C. The summed E-state index contributed by atoms with van der Waals surface area (Å²) in [6, 6.07) is -0.228. The smallest absolute Gasteiger partial charge is 0.410 e. The maximum absolute atomic E-state index is 12.3. The summed E-state index contributed by atoms with van der Waals surface area (Å²) in [4.78, 5) is 39.8. The third-order valence-electron chi connectivity index (χ3n) is 4.42. The quantitative estimate of drug-likeness (QED) is 0.695. The van der Waals surface area contributed by atoms with Gasteiger partial charge >= 0.3 is 6.09 Å². The van der Waals surface area contributed by atoms with Crippen molar-refractivity contribution < 1.29 is 19.1 Å². The van der Waals surface area contributed by atoms with Crippen LogP contribution in [-0.4, -0.2) is 52.4 Å². The van der Waals surface area contributed by atoms with Crippen molar-refractivity contribution in [1.29, 1.82) is 0 Å². The first kappa shape index (κ1) is 16.8. The Morgan fingerprint density at radius 1 is 1.14 bits per heavy atom. The number of imide groups is 1. The predicted octanol–water partition coefficient (Wildman–Crippen LogP) is 2.03. The highest BCUT2D eigenvalue weighted by Crippen LogP contribution is 2.30. The fraction of sp³-hybridized carbons (Fsp3) is 0.812. The lowest BCUT2D eigenvalue weighted by molar-refractivity contribution is -0.143. The molecule has 3 amide bonds. The van der Waals surface area contributed by atoms with Gasteiger partial charge in [0.25, 0.3) is 0 Å². The lowest BCUT2D eigenvalue weighted by Gasteiger charge is -2.37. The van der Waals surface area contributed by atoms with Gasteiger partial charge < -0.3 is 9.64 Å². The number of likely N-dealkylation sites (tertiary alicyclic amines) is 2. The van der Waals surface area contributed by atoms with Gasteiger partial charge in [0.1, 0.15) is 5.60 Å². The van der Waals surface area contributed by atoms with Gasteiger partial charge in [0, 0.05) is 24.9 Å². The molecule has 2 aliphatic rings. The van der Waals surface area contributed by atoms with Crippen molar-refractivity contribution >= 4 is 17.9 Å². The van der Waals surface area contributed by atoms with Crippen LogP contribution in [0.3, 0.4) is 0 Å². The molecule has 6 heteroatoms. The second-order valence-corrected chi connectivity index (χ2v) is 7.35. The lowest BCUT2D eigenvalue weighted by atomic mass is 10.00. The van der Waals surface area contributed by atoms with E-state index in [0.29, 0.717) is 13.1 Å². The maximum Gasteiger partial charge on any atom is 0.410 e. The molecule has 2 aliphatic heterocycles. The van der Waals surface area contributed by atoms with Crippen molar-refractivity contribution in [2.45, 2.75) is 59.1 Å². The zero-order valence-electron chi connectivity index (χ0n) is 14.1. The molecular weight excluding hydrogens is 284 g/mol. The monoisotopic (exact) mass is 310 g/mol. The van der Waals surface area contributed by atoms with Crippen LogP contribution in [0.4, 0.5) is 4.79 Å². The molecule has 0 N–H and O–H groups in total. The molecule has 22 heavy (non-hydrogen) atoms. The summed E-state index contributed by atoms with van der Waals surface area (Å²) in [6.07, 6.45) is 1.14. The Labute approximate surface area is 131 Å². The Morgan fingerprint density at radius 3 is 2.18 bits per heavy atom. The lowest BCUT2D eigenvalue weighted by Crippen LogP contribution is -2.52. The van der Waals surface area contributed by atoms with Crippen LogP contribution in [0.2, 0.25) is 0 Å². The van der Waals surface area contributed by atoms with E-state index in [4.69, 9.17) is 4.74 Å². The Bertz CT molecular complexity index is 463. The molecule has 124 valence electrons. The first-order valence-corrected chi connectivity index (χ1v) is 7.96. The Morgan fingerprint density at radius 2 is 1.68 bits per heavy atom. The average Bonchev–Trinajstić information content (AvgIpc) is 2.61. The van der Waals surface area contributed by atoms with Crippen LogP contribution in [-0.2, 0) is 14.3 Å². The van der Waals surface area contributed by atoms with Gasteiger partial charge in [-0.2, -0.15) is 0 Å². The number of carbonyl (C=O) groups is 3. The number of carbonyl (C=O) groups excluding carboxylic acids is 3. The first-order valence-electron chi connectivity index (χ1n) is 7.96. The minimum Gasteiger partial charge on any atom is -0.444 e. The molecule has 3 atom stereocenters. The van der Waals surface area contributed by atoms with Crippen LogP contribution < -0.4 is 0 Å². The molecule has 6 nitrogen and oxygen atoms in total. The topological polar surface area (TPSA) is 66.9 Å². The molecule has 0 aliphatic carbocycles. The normalized spacial score (nSPS) is 30.0. The molecule has 2 unspecified atom stereocenters. The van der Waals surface area contributed by atoms with Crippen LogP contribution >= 0.6 is 0 Å². The van der Waals surface area contributed by atoms with Crippen molar-refractivity contribution in [3.05, 3.63) is 0 Å². The number of nitrogens with zero attached hydrogens (tertiary/aromatic N) is 2. The summed E-state index contributed by atoms with van der Waals surface area (Å²) in [5.74, 6) is -0.782. The highest BCUT2D eigenvalue weighted by molar-refractivity contribution is 6.05. The zero-order valence-corrected chi connectivity index (χ0v) is 14.1. The second-order valence-electron chi connectivity index (χ2n) is 7.35. The van der Waals surface area contributed by atoms with Crippen molar-refractivity contribution in [2.75, 3.05) is 13.1 Å². The third-order valence-corrected chi connectivity index (χ3v) is 4.42. The molecule has 0 aromatic heterocycles. The number of hydrogen-bond acceptors (Lipinski definition) is 4. The van der Waals surface area contributed by atoms with Crippen LogP contribution in [0.15, 0.2) is 0 Å². The number of rotatable bonds is 1. The van der Waals surface area contributed by atoms with E-state index < -0.39 is 5.60 Å². The van der Waals surface area contributed by atoms with Gasteiger partial charge in [-0.05, 0) is 33.6 Å². The van der Waals surface area contributed by atoms with Gasteiger partial charge in [-0.1, -0.05) is 13.8 Å². The maximum atomic E-state index is 12.3. The van der Waals surface area contributed by atoms with E-state index in [9.17, 15) is 14.4 Å². The van der Waals surface area contributed by atoms with E-state index in [1.807, 2.05) is 20.8 Å². The highest BCUT2D eigenvalue weighted by atomic mass is 16.6. The molecule has 2 fully saturated rings. The minimum atomic E-state index is -0.549. The Hall–Kier alpha value is -1.59. The van der Waals surface area contributed by atoms with Gasteiger partial charge in [0.05, 0.1) is 6.04 Å². The van der Waals surface area contributed by atoms with Crippen LogP contribution in [0.1, 0.15) is 47.5 Å². The van der Waals surface area contributed by atoms with E-state index in [2.05, 4.69) is 0 Å². The van der Waals surface area contributed by atoms with Gasteiger partial charge in [-0.25, -0.2) is 4.79 Å². The van der Waals surface area contributed by atoms with Crippen LogP contribution in [0, 0.1) is 11.8 Å². The first-order chi connectivity index (χ1) is 10.1. The highest BCUT2D eigenvalue weighted by Gasteiger charge is 2.46. The summed E-state index contributed by atoms with van der Waals surface area (Å²) in [5.41, 5.74) is -0.549. The van der Waals surface area contributed by atoms with Gasteiger partial charge in [-0.15, -0.1) is 0 Å². The van der Waals surface area contributed by atoms with E-state index >= 15 is 0 Å². The number of ether oxygens (including phenoxy) is 1. The third kappa shape index (κ3) is 3.25. The number of hydrogen-bond donors (Lipinski definition) is 0. The summed E-state index contributed by atoms with van der Waals surface area (Å²) in [5, 5.41) is 0. The van der Waals surface area contributed by atoms with Gasteiger partial charge in [-0.3, -0.25) is 14.5 Å². The average molecular weight is 310 g/mol. The summed E-state index contributed by atoms with van der Waals surface area (Å²) in [7, 11) is 0. The van der Waals surface area contributed by atoms with E-state index in [1.165, 1.54) is 4.90 Å². The molecule has 0 saturated carbocycles. The molecule has 0 aromatic rings. The zero-order chi connectivity index (χ0) is 16.7. The standard InChI is InChI=1S/C16H26N2O4/c1-10-11(2)14(20)18(13(10)19)12-7-6-8-17(9-12)15(21)22-16(3,4)5/h10-12H,6-9H2,1-5H3/t10?,11?,12-/m0/s1. The predicted molar refractivity (Wildman–Crippen MR) is 81.0 cm³/mol. The van der Waals surface area contributed by atoms with E-state index in [0.717, 1.165) is 12.8 Å². The van der Waals surface area contributed by atoms with Crippen LogP contribution in [0.25, 0.3) is 0 Å². The van der Waals surface area contributed by atoms with Crippen molar-refractivity contribution in [3.8, 4) is 0 Å².